The van der Waals surface area contributed by atoms with Crippen LogP contribution in [0.2, 0.25) is 5.02 Å². The monoisotopic (exact) mass is 325 g/mol. The van der Waals surface area contributed by atoms with Crippen LogP contribution in [0, 0.1) is 13.8 Å². The summed E-state index contributed by atoms with van der Waals surface area (Å²) in [5.41, 5.74) is 0.572. The highest BCUT2D eigenvalue weighted by Crippen LogP contribution is 2.36. The summed E-state index contributed by atoms with van der Waals surface area (Å²) in [4.78, 5) is 4.23. The molecule has 3 aromatic rings. The van der Waals surface area contributed by atoms with E-state index in [0.29, 0.717) is 10.7 Å². The Kier molecular flexibility index (Phi) is 3.36. The Balaban J connectivity index is 2.38. The minimum Gasteiger partial charge on any atom is -0.233 e. The molecule has 3 rings (SSSR count). The zero-order valence-corrected chi connectivity index (χ0v) is 12.5. The first kappa shape index (κ1) is 14.8. The van der Waals surface area contributed by atoms with Crippen molar-refractivity contribution in [2.75, 3.05) is 0 Å². The Hall–Kier alpha value is -2.08. The van der Waals surface area contributed by atoms with Crippen LogP contribution in [0.4, 0.5) is 13.2 Å². The first-order valence-corrected chi connectivity index (χ1v) is 6.85. The summed E-state index contributed by atoms with van der Waals surface area (Å²) in [6.45, 7) is 3.06. The van der Waals surface area contributed by atoms with Crippen LogP contribution in [0.1, 0.15) is 17.0 Å². The van der Waals surface area contributed by atoms with Crippen LogP contribution in [0.5, 0.6) is 0 Å². The summed E-state index contributed by atoms with van der Waals surface area (Å²) < 4.78 is 41.2. The topological polar surface area (TPSA) is 30.7 Å². The van der Waals surface area contributed by atoms with Gasteiger partial charge in [-0.3, -0.25) is 0 Å². The second-order valence-corrected chi connectivity index (χ2v) is 5.42. The molecule has 114 valence electrons. The summed E-state index contributed by atoms with van der Waals surface area (Å²) in [6.07, 6.45) is -4.46. The highest BCUT2D eigenvalue weighted by atomic mass is 35.5. The molecule has 2 aromatic heterocycles. The van der Waals surface area contributed by atoms with E-state index in [0.717, 1.165) is 6.07 Å². The summed E-state index contributed by atoms with van der Waals surface area (Å²) in [7, 11) is 0. The van der Waals surface area contributed by atoms with E-state index >= 15 is 0 Å². The summed E-state index contributed by atoms with van der Waals surface area (Å²) in [5, 5.41) is 4.70. The van der Waals surface area contributed by atoms with Gasteiger partial charge in [0, 0.05) is 10.7 Å². The van der Waals surface area contributed by atoms with E-state index in [9.17, 15) is 13.2 Å². The average Bonchev–Trinajstić information content (AvgIpc) is 2.74. The Morgan fingerprint density at radius 2 is 1.86 bits per heavy atom. The van der Waals surface area contributed by atoms with Crippen LogP contribution >= 0.6 is 11.6 Å². The van der Waals surface area contributed by atoms with E-state index < -0.39 is 11.7 Å². The van der Waals surface area contributed by atoms with Crippen molar-refractivity contribution in [2.45, 2.75) is 20.0 Å². The van der Waals surface area contributed by atoms with Gasteiger partial charge in [-0.05, 0) is 38.1 Å². The zero-order chi connectivity index (χ0) is 16.1. The third-order valence-electron chi connectivity index (χ3n) is 3.30. The standard InChI is InChI=1S/C15H11ClF3N3/c1-8-6-12(15(17,18)19)13-9(2)21-22(14(13)20-8)11-5-3-4-10(16)7-11/h3-7H,1-2H3. The second kappa shape index (κ2) is 4.98. The molecule has 0 saturated carbocycles. The number of fused-ring (bicyclic) bond motifs is 1. The van der Waals surface area contributed by atoms with Crippen molar-refractivity contribution in [2.24, 2.45) is 0 Å². The molecule has 7 heteroatoms. The summed E-state index contributed by atoms with van der Waals surface area (Å²) in [5.74, 6) is 0. The van der Waals surface area contributed by atoms with E-state index in [4.69, 9.17) is 11.6 Å². The van der Waals surface area contributed by atoms with Crippen LogP contribution in [-0.2, 0) is 6.18 Å². The lowest BCUT2D eigenvalue weighted by atomic mass is 10.1. The van der Waals surface area contributed by atoms with Gasteiger partial charge in [0.1, 0.15) is 0 Å². The third-order valence-corrected chi connectivity index (χ3v) is 3.53. The molecule has 0 aliphatic carbocycles. The number of aryl methyl sites for hydroxylation is 2. The van der Waals surface area contributed by atoms with E-state index in [1.807, 2.05) is 0 Å². The van der Waals surface area contributed by atoms with E-state index in [2.05, 4.69) is 10.1 Å². The Morgan fingerprint density at radius 3 is 2.50 bits per heavy atom. The predicted molar refractivity (Wildman–Crippen MR) is 78.4 cm³/mol. The lowest BCUT2D eigenvalue weighted by Gasteiger charge is -2.10. The van der Waals surface area contributed by atoms with E-state index in [1.54, 1.807) is 24.3 Å². The van der Waals surface area contributed by atoms with E-state index in [-0.39, 0.29) is 22.4 Å². The number of hydrogen-bond acceptors (Lipinski definition) is 2. The quantitative estimate of drug-likeness (QED) is 0.648. The number of hydrogen-bond donors (Lipinski definition) is 0. The van der Waals surface area contributed by atoms with Crippen LogP contribution < -0.4 is 0 Å². The van der Waals surface area contributed by atoms with Gasteiger partial charge in [-0.25, -0.2) is 9.67 Å². The Morgan fingerprint density at radius 1 is 1.14 bits per heavy atom. The lowest BCUT2D eigenvalue weighted by molar-refractivity contribution is -0.136. The van der Waals surface area contributed by atoms with E-state index in [1.165, 1.54) is 18.5 Å². The molecule has 0 N–H and O–H groups in total. The van der Waals surface area contributed by atoms with Crippen molar-refractivity contribution in [1.82, 2.24) is 14.8 Å². The van der Waals surface area contributed by atoms with Crippen LogP contribution in [0.15, 0.2) is 30.3 Å². The average molecular weight is 326 g/mol. The lowest BCUT2D eigenvalue weighted by Crippen LogP contribution is -2.08. The molecular weight excluding hydrogens is 315 g/mol. The molecule has 0 atom stereocenters. The number of rotatable bonds is 1. The molecule has 1 aromatic carbocycles. The van der Waals surface area contributed by atoms with Gasteiger partial charge >= 0.3 is 6.18 Å². The molecule has 0 aliphatic heterocycles. The largest absolute Gasteiger partial charge is 0.417 e. The van der Waals surface area contributed by atoms with Gasteiger partial charge in [0.2, 0.25) is 0 Å². The van der Waals surface area contributed by atoms with Gasteiger partial charge in [0.25, 0.3) is 0 Å². The molecule has 22 heavy (non-hydrogen) atoms. The fraction of sp³-hybridized carbons (Fsp3) is 0.200. The van der Waals surface area contributed by atoms with Crippen molar-refractivity contribution in [3.05, 3.63) is 52.3 Å². The number of aromatic nitrogens is 3. The van der Waals surface area contributed by atoms with Crippen molar-refractivity contribution < 1.29 is 13.2 Å². The van der Waals surface area contributed by atoms with Crippen molar-refractivity contribution in [3.63, 3.8) is 0 Å². The molecule has 2 heterocycles. The molecule has 3 nitrogen and oxygen atoms in total. The Labute approximate surface area is 129 Å². The molecule has 0 spiro atoms. The maximum absolute atomic E-state index is 13.3. The minimum absolute atomic E-state index is 0.0121. The fourth-order valence-electron chi connectivity index (χ4n) is 2.43. The number of alkyl halides is 3. The van der Waals surface area contributed by atoms with Crippen LogP contribution in [-0.4, -0.2) is 14.8 Å². The fourth-order valence-corrected chi connectivity index (χ4v) is 2.61. The van der Waals surface area contributed by atoms with Crippen molar-refractivity contribution >= 4 is 22.6 Å². The number of halogens is 4. The van der Waals surface area contributed by atoms with Gasteiger partial charge in [-0.15, -0.1) is 0 Å². The molecular formula is C15H11ClF3N3. The van der Waals surface area contributed by atoms with Crippen molar-refractivity contribution in [3.8, 4) is 5.69 Å². The number of benzene rings is 1. The Bertz CT molecular complexity index is 868. The van der Waals surface area contributed by atoms with Gasteiger partial charge < -0.3 is 0 Å². The van der Waals surface area contributed by atoms with Gasteiger partial charge in [0.15, 0.2) is 5.65 Å². The highest BCUT2D eigenvalue weighted by Gasteiger charge is 2.35. The minimum atomic E-state index is -4.46. The maximum Gasteiger partial charge on any atom is 0.417 e. The molecule has 0 bridgehead atoms. The number of pyridine rings is 1. The molecule has 0 radical (unpaired) electrons. The molecule has 0 fully saturated rings. The normalized spacial score (nSPS) is 12.1. The molecule has 0 saturated heterocycles. The number of nitrogens with zero attached hydrogens (tertiary/aromatic N) is 3. The summed E-state index contributed by atoms with van der Waals surface area (Å²) in [6, 6.07) is 7.78. The third kappa shape index (κ3) is 2.43. The zero-order valence-electron chi connectivity index (χ0n) is 11.7. The maximum atomic E-state index is 13.3. The predicted octanol–water partition coefficient (Wildman–Crippen LogP) is 4.71. The summed E-state index contributed by atoms with van der Waals surface area (Å²) >= 11 is 5.95. The molecule has 0 aliphatic rings. The first-order chi connectivity index (χ1) is 10.3. The second-order valence-electron chi connectivity index (χ2n) is 4.98. The van der Waals surface area contributed by atoms with Gasteiger partial charge in [-0.2, -0.15) is 18.3 Å². The van der Waals surface area contributed by atoms with Crippen molar-refractivity contribution in [1.29, 1.82) is 0 Å². The van der Waals surface area contributed by atoms with Crippen LogP contribution in [0.3, 0.4) is 0 Å². The molecule has 0 amide bonds. The highest BCUT2D eigenvalue weighted by molar-refractivity contribution is 6.30. The SMILES string of the molecule is Cc1cc(C(F)(F)F)c2c(C)nn(-c3cccc(Cl)c3)c2n1. The smallest absolute Gasteiger partial charge is 0.233 e. The first-order valence-electron chi connectivity index (χ1n) is 6.47. The van der Waals surface area contributed by atoms with Gasteiger partial charge in [-0.1, -0.05) is 17.7 Å². The van der Waals surface area contributed by atoms with Crippen LogP contribution in [0.25, 0.3) is 16.7 Å². The molecule has 0 unspecified atom stereocenters. The van der Waals surface area contributed by atoms with Gasteiger partial charge in [0.05, 0.1) is 22.3 Å².